The summed E-state index contributed by atoms with van der Waals surface area (Å²) in [5, 5.41) is 10.5. The van der Waals surface area contributed by atoms with Gasteiger partial charge in [0.15, 0.2) is 0 Å². The van der Waals surface area contributed by atoms with Gasteiger partial charge in [0.2, 0.25) is 11.8 Å². The lowest BCUT2D eigenvalue weighted by Crippen LogP contribution is -2.56. The Kier molecular flexibility index (Phi) is 6.26. The lowest BCUT2D eigenvalue weighted by molar-refractivity contribution is -0.144. The maximum atomic E-state index is 14.4. The van der Waals surface area contributed by atoms with Gasteiger partial charge < -0.3 is 19.8 Å². The number of halogens is 1. The molecule has 1 unspecified atom stereocenters. The minimum absolute atomic E-state index is 0.0794. The standard InChI is InChI=1S/C26H30ClN3O4S/c1-4-16(14-31)30-22-25(34)29(21-15(2)8-5-9-17(21)27)13-7-11-26(22)20(24(30)33)19-18(35-26)10-6-12-28(3)23(19)32/h5-11,16,18-20,22,31H,4,12-14H2,1-3H3/t16-,18+,19-,20-,22?,26-/m0/s1. The summed E-state index contributed by atoms with van der Waals surface area (Å²) < 4.78 is -0.909. The second kappa shape index (κ2) is 8.98. The van der Waals surface area contributed by atoms with E-state index in [-0.39, 0.29) is 29.6 Å². The molecule has 4 aliphatic heterocycles. The van der Waals surface area contributed by atoms with Crippen LogP contribution in [0.1, 0.15) is 18.9 Å². The number of anilines is 1. The van der Waals surface area contributed by atoms with Gasteiger partial charge in [0, 0.05) is 25.4 Å². The van der Waals surface area contributed by atoms with Gasteiger partial charge in [-0.25, -0.2) is 0 Å². The van der Waals surface area contributed by atoms with Crippen molar-refractivity contribution >= 4 is 46.8 Å². The van der Waals surface area contributed by atoms with E-state index in [0.717, 1.165) is 5.56 Å². The molecule has 6 atom stereocenters. The molecule has 4 aliphatic rings. The highest BCUT2D eigenvalue weighted by Crippen LogP contribution is 2.61. The highest BCUT2D eigenvalue weighted by molar-refractivity contribution is 8.02. The predicted molar refractivity (Wildman–Crippen MR) is 137 cm³/mol. The molecule has 1 aromatic carbocycles. The van der Waals surface area contributed by atoms with Crippen molar-refractivity contribution in [2.45, 2.75) is 42.3 Å². The molecule has 5 rings (SSSR count). The number of para-hydroxylation sites is 1. The van der Waals surface area contributed by atoms with Crippen LogP contribution in [0, 0.1) is 18.8 Å². The number of fused-ring (bicyclic) bond motifs is 2. The third-order valence-electron chi connectivity index (χ3n) is 7.83. The van der Waals surface area contributed by atoms with E-state index in [0.29, 0.717) is 30.2 Å². The van der Waals surface area contributed by atoms with Gasteiger partial charge in [-0.2, -0.15) is 0 Å². The van der Waals surface area contributed by atoms with Gasteiger partial charge in [-0.15, -0.1) is 11.8 Å². The molecule has 9 heteroatoms. The first kappa shape index (κ1) is 24.4. The van der Waals surface area contributed by atoms with E-state index in [4.69, 9.17) is 11.6 Å². The Balaban J connectivity index is 1.68. The number of benzene rings is 1. The minimum Gasteiger partial charge on any atom is -0.394 e. The van der Waals surface area contributed by atoms with Crippen LogP contribution in [0.3, 0.4) is 0 Å². The van der Waals surface area contributed by atoms with Crippen LogP contribution in [0.25, 0.3) is 0 Å². The SMILES string of the molecule is CC[C@@H](CO)N1C(=O)[C@@H]2[C@H]3C(=O)N(C)CC=C[C@H]3S[C@@]23C=CCN(c2c(C)cccc2Cl)C(=O)C13. The van der Waals surface area contributed by atoms with E-state index in [9.17, 15) is 19.5 Å². The van der Waals surface area contributed by atoms with Crippen molar-refractivity contribution in [1.29, 1.82) is 0 Å². The molecule has 0 aromatic heterocycles. The quantitative estimate of drug-likeness (QED) is 0.623. The first-order valence-electron chi connectivity index (χ1n) is 12.0. The first-order valence-corrected chi connectivity index (χ1v) is 13.3. The molecular formula is C26H30ClN3O4S. The monoisotopic (exact) mass is 515 g/mol. The average molecular weight is 516 g/mol. The van der Waals surface area contributed by atoms with E-state index >= 15 is 0 Å². The van der Waals surface area contributed by atoms with Crippen LogP contribution < -0.4 is 4.90 Å². The lowest BCUT2D eigenvalue weighted by atomic mass is 9.78. The van der Waals surface area contributed by atoms with Crippen LogP contribution in [0.4, 0.5) is 5.69 Å². The molecule has 2 fully saturated rings. The zero-order valence-electron chi connectivity index (χ0n) is 20.1. The molecule has 4 heterocycles. The number of amides is 3. The number of aryl methyl sites for hydroxylation is 1. The summed E-state index contributed by atoms with van der Waals surface area (Å²) in [5.41, 5.74) is 1.49. The fourth-order valence-electron chi connectivity index (χ4n) is 6.18. The Morgan fingerprint density at radius 1 is 1.17 bits per heavy atom. The molecule has 1 aromatic rings. The number of likely N-dealkylation sites (tertiary alicyclic amines) is 1. The number of carbonyl (C=O) groups excluding carboxylic acids is 3. The molecule has 2 saturated heterocycles. The molecule has 0 aliphatic carbocycles. The topological polar surface area (TPSA) is 81.2 Å². The van der Waals surface area contributed by atoms with Gasteiger partial charge >= 0.3 is 0 Å². The van der Waals surface area contributed by atoms with E-state index in [1.54, 1.807) is 27.8 Å². The van der Waals surface area contributed by atoms with Crippen molar-refractivity contribution in [3.05, 3.63) is 53.1 Å². The Bertz CT molecular complexity index is 1120. The van der Waals surface area contributed by atoms with Crippen molar-refractivity contribution in [2.75, 3.05) is 31.6 Å². The van der Waals surface area contributed by atoms with Crippen molar-refractivity contribution in [3.8, 4) is 0 Å². The normalized spacial score (nSPS) is 32.9. The van der Waals surface area contributed by atoms with Gasteiger partial charge in [0.1, 0.15) is 6.04 Å². The van der Waals surface area contributed by atoms with E-state index in [2.05, 4.69) is 0 Å². The number of nitrogens with zero attached hydrogens (tertiary/aromatic N) is 3. The van der Waals surface area contributed by atoms with Gasteiger partial charge in [-0.3, -0.25) is 14.4 Å². The van der Waals surface area contributed by atoms with Crippen molar-refractivity contribution < 1.29 is 19.5 Å². The van der Waals surface area contributed by atoms with Gasteiger partial charge in [0.05, 0.1) is 39.9 Å². The summed E-state index contributed by atoms with van der Waals surface area (Å²) in [6.07, 6.45) is 8.39. The lowest BCUT2D eigenvalue weighted by Gasteiger charge is -2.38. The highest BCUT2D eigenvalue weighted by atomic mass is 35.5. The maximum Gasteiger partial charge on any atom is 0.251 e. The molecule has 1 spiro atoms. The van der Waals surface area contributed by atoms with E-state index in [1.807, 2.05) is 50.3 Å². The second-order valence-electron chi connectivity index (χ2n) is 9.74. The largest absolute Gasteiger partial charge is 0.394 e. The van der Waals surface area contributed by atoms with Crippen LogP contribution in [0.15, 0.2) is 42.5 Å². The fraction of sp³-hybridized carbons (Fsp3) is 0.500. The average Bonchev–Trinajstić information content (AvgIpc) is 3.16. The number of likely N-dealkylation sites (N-methyl/N-ethyl adjacent to an activating group) is 1. The first-order chi connectivity index (χ1) is 16.8. The summed E-state index contributed by atoms with van der Waals surface area (Å²) in [6.45, 7) is 4.35. The van der Waals surface area contributed by atoms with Crippen LogP contribution in [-0.4, -0.2) is 81.5 Å². The number of hydrogen-bond donors (Lipinski definition) is 1. The fourth-order valence-corrected chi connectivity index (χ4v) is 8.49. The third-order valence-corrected chi connectivity index (χ3v) is 9.88. The number of hydrogen-bond acceptors (Lipinski definition) is 5. The minimum atomic E-state index is -0.909. The second-order valence-corrected chi connectivity index (χ2v) is 11.6. The molecule has 3 amide bonds. The number of thioether (sulfide) groups is 1. The molecule has 7 nitrogen and oxygen atoms in total. The van der Waals surface area contributed by atoms with Crippen molar-refractivity contribution in [2.24, 2.45) is 11.8 Å². The van der Waals surface area contributed by atoms with E-state index in [1.165, 1.54) is 11.8 Å². The number of rotatable bonds is 4. The number of aliphatic hydroxyl groups is 1. The Labute approximate surface area is 214 Å². The third kappa shape index (κ3) is 3.48. The van der Waals surface area contributed by atoms with Crippen LogP contribution in [-0.2, 0) is 14.4 Å². The molecule has 0 saturated carbocycles. The van der Waals surface area contributed by atoms with Crippen molar-refractivity contribution in [3.63, 3.8) is 0 Å². The number of carbonyl (C=O) groups is 3. The zero-order valence-corrected chi connectivity index (χ0v) is 21.6. The van der Waals surface area contributed by atoms with Gasteiger partial charge in [-0.05, 0) is 25.0 Å². The van der Waals surface area contributed by atoms with Gasteiger partial charge in [0.25, 0.3) is 5.91 Å². The van der Waals surface area contributed by atoms with Crippen LogP contribution in [0.2, 0.25) is 5.02 Å². The summed E-state index contributed by atoms with van der Waals surface area (Å²) >= 11 is 8.10. The van der Waals surface area contributed by atoms with E-state index < -0.39 is 28.7 Å². The van der Waals surface area contributed by atoms with Crippen molar-refractivity contribution in [1.82, 2.24) is 9.80 Å². The van der Waals surface area contributed by atoms with Gasteiger partial charge in [-0.1, -0.05) is 55.0 Å². The Morgan fingerprint density at radius 3 is 2.63 bits per heavy atom. The number of aliphatic hydroxyl groups excluding tert-OH is 1. The Morgan fingerprint density at radius 2 is 1.94 bits per heavy atom. The molecule has 186 valence electrons. The molecular weight excluding hydrogens is 486 g/mol. The molecule has 1 N–H and O–H groups in total. The summed E-state index contributed by atoms with van der Waals surface area (Å²) in [4.78, 5) is 46.9. The zero-order chi connectivity index (χ0) is 25.1. The molecule has 0 radical (unpaired) electrons. The summed E-state index contributed by atoms with van der Waals surface area (Å²) in [6, 6.07) is 4.13. The van der Waals surface area contributed by atoms with Crippen LogP contribution >= 0.6 is 23.4 Å². The summed E-state index contributed by atoms with van der Waals surface area (Å²) in [5.74, 6) is -1.80. The predicted octanol–water partition coefficient (Wildman–Crippen LogP) is 2.65. The highest BCUT2D eigenvalue weighted by Gasteiger charge is 2.71. The molecule has 35 heavy (non-hydrogen) atoms. The maximum absolute atomic E-state index is 14.4. The Hall–Kier alpha value is -2.29. The molecule has 0 bridgehead atoms. The van der Waals surface area contributed by atoms with Crippen LogP contribution in [0.5, 0.6) is 0 Å². The smallest absolute Gasteiger partial charge is 0.251 e. The summed E-state index contributed by atoms with van der Waals surface area (Å²) in [7, 11) is 1.75.